The number of rotatable bonds is 7. The molecule has 7 aromatic carbocycles. The van der Waals surface area contributed by atoms with Crippen LogP contribution in [0.5, 0.6) is 0 Å². The smallest absolute Gasteiger partial charge is 0.164 e. The molecule has 0 saturated carbocycles. The maximum Gasteiger partial charge on any atom is 0.164 e. The van der Waals surface area contributed by atoms with E-state index in [1.54, 1.807) is 0 Å². The molecule has 0 spiro atoms. The molecule has 0 amide bonds. The largest absolute Gasteiger partial charge is 0.256 e. The van der Waals surface area contributed by atoms with E-state index in [-0.39, 0.29) is 5.41 Å². The summed E-state index contributed by atoms with van der Waals surface area (Å²) in [6, 6.07) is 65.9. The van der Waals surface area contributed by atoms with Crippen molar-refractivity contribution < 1.29 is 0 Å². The van der Waals surface area contributed by atoms with Gasteiger partial charge in [-0.1, -0.05) is 196 Å². The molecule has 0 aliphatic heterocycles. The summed E-state index contributed by atoms with van der Waals surface area (Å²) in [5, 5.41) is 0. The second kappa shape index (κ2) is 14.1. The molecule has 2 aromatic heterocycles. The van der Waals surface area contributed by atoms with Crippen LogP contribution in [0.1, 0.15) is 25.0 Å². The van der Waals surface area contributed by atoms with E-state index in [2.05, 4.69) is 123 Å². The van der Waals surface area contributed by atoms with E-state index in [0.29, 0.717) is 17.5 Å². The Hall–Kier alpha value is -7.30. The average Bonchev–Trinajstić information content (AvgIpc) is 3.53. The minimum absolute atomic E-state index is 0.240. The Morgan fingerprint density at radius 2 is 0.667 bits per heavy atom. The highest BCUT2D eigenvalue weighted by atomic mass is 15.0. The first-order chi connectivity index (χ1) is 28.0. The van der Waals surface area contributed by atoms with Crippen LogP contribution >= 0.6 is 0 Å². The Labute approximate surface area is 333 Å². The molecule has 4 heteroatoms. The zero-order chi connectivity index (χ0) is 38.3. The van der Waals surface area contributed by atoms with E-state index >= 15 is 0 Å². The van der Waals surface area contributed by atoms with E-state index in [0.717, 1.165) is 44.6 Å². The highest BCUT2D eigenvalue weighted by molar-refractivity contribution is 5.93. The minimum Gasteiger partial charge on any atom is -0.256 e. The Morgan fingerprint density at radius 3 is 1.11 bits per heavy atom. The van der Waals surface area contributed by atoms with Gasteiger partial charge >= 0.3 is 0 Å². The number of hydrogen-bond acceptors (Lipinski definition) is 4. The SMILES string of the molecule is CC1(C)c2c(-c3ccc(-c4ccc(-c5ccccc5)nc4)cc3)cccc2-c2cccc(-c3ccc(-c4nc(-c5ccccc5)nc(-c5ccccc5)n4)cc3)c21. The highest BCUT2D eigenvalue weighted by Crippen LogP contribution is 2.55. The van der Waals surface area contributed by atoms with Crippen LogP contribution in [0, 0.1) is 0 Å². The van der Waals surface area contributed by atoms with Gasteiger partial charge in [0.25, 0.3) is 0 Å². The van der Waals surface area contributed by atoms with Crippen LogP contribution in [0.4, 0.5) is 0 Å². The van der Waals surface area contributed by atoms with Gasteiger partial charge in [-0.2, -0.15) is 0 Å². The van der Waals surface area contributed by atoms with Gasteiger partial charge in [0.05, 0.1) is 5.69 Å². The first kappa shape index (κ1) is 34.2. The number of fused-ring (bicyclic) bond motifs is 3. The molecular weight excluding hydrogens is 693 g/mol. The second-order valence-electron chi connectivity index (χ2n) is 15.1. The van der Waals surface area contributed by atoms with Crippen molar-refractivity contribution in [3.05, 3.63) is 205 Å². The van der Waals surface area contributed by atoms with Crippen LogP contribution in [0.2, 0.25) is 0 Å². The lowest BCUT2D eigenvalue weighted by molar-refractivity contribution is 0.664. The molecule has 270 valence electrons. The van der Waals surface area contributed by atoms with Gasteiger partial charge in [0.15, 0.2) is 17.5 Å². The fourth-order valence-corrected chi connectivity index (χ4v) is 8.43. The molecule has 1 aliphatic carbocycles. The van der Waals surface area contributed by atoms with E-state index in [4.69, 9.17) is 19.9 Å². The molecule has 0 atom stereocenters. The third-order valence-electron chi connectivity index (χ3n) is 11.2. The molecule has 0 fully saturated rings. The highest BCUT2D eigenvalue weighted by Gasteiger charge is 2.39. The lowest BCUT2D eigenvalue weighted by Gasteiger charge is -2.27. The second-order valence-corrected chi connectivity index (χ2v) is 15.1. The molecule has 1 aliphatic rings. The molecule has 10 rings (SSSR count). The van der Waals surface area contributed by atoms with Crippen molar-refractivity contribution in [1.29, 1.82) is 0 Å². The summed E-state index contributed by atoms with van der Waals surface area (Å²) in [5.41, 5.74) is 17.1. The van der Waals surface area contributed by atoms with E-state index in [1.807, 2.05) is 85.1 Å². The molecule has 9 aromatic rings. The summed E-state index contributed by atoms with van der Waals surface area (Å²) in [4.78, 5) is 19.6. The molecule has 0 unspecified atom stereocenters. The van der Waals surface area contributed by atoms with Crippen molar-refractivity contribution in [2.45, 2.75) is 19.3 Å². The lowest BCUT2D eigenvalue weighted by Crippen LogP contribution is -2.17. The molecule has 4 nitrogen and oxygen atoms in total. The molecule has 2 heterocycles. The van der Waals surface area contributed by atoms with Gasteiger partial charge in [-0.3, -0.25) is 4.98 Å². The lowest BCUT2D eigenvalue weighted by atomic mass is 9.76. The monoisotopic (exact) mass is 730 g/mol. The van der Waals surface area contributed by atoms with Gasteiger partial charge in [0, 0.05) is 39.4 Å². The summed E-state index contributed by atoms with van der Waals surface area (Å²) in [7, 11) is 0. The van der Waals surface area contributed by atoms with Crippen LogP contribution in [-0.4, -0.2) is 19.9 Å². The topological polar surface area (TPSA) is 51.6 Å². The zero-order valence-corrected chi connectivity index (χ0v) is 31.8. The summed E-state index contributed by atoms with van der Waals surface area (Å²) >= 11 is 0. The van der Waals surface area contributed by atoms with Crippen molar-refractivity contribution in [1.82, 2.24) is 19.9 Å². The van der Waals surface area contributed by atoms with Crippen LogP contribution in [0.15, 0.2) is 194 Å². The van der Waals surface area contributed by atoms with Crippen LogP contribution in [0.25, 0.3) is 89.9 Å². The average molecular weight is 731 g/mol. The van der Waals surface area contributed by atoms with Crippen molar-refractivity contribution in [3.63, 3.8) is 0 Å². The van der Waals surface area contributed by atoms with Gasteiger partial charge in [0.1, 0.15) is 0 Å². The third kappa shape index (κ3) is 6.22. The predicted molar refractivity (Wildman–Crippen MR) is 233 cm³/mol. The van der Waals surface area contributed by atoms with E-state index in [9.17, 15) is 0 Å². The first-order valence-electron chi connectivity index (χ1n) is 19.4. The maximum atomic E-state index is 4.96. The molecule has 0 bridgehead atoms. The van der Waals surface area contributed by atoms with Crippen molar-refractivity contribution in [2.75, 3.05) is 0 Å². The van der Waals surface area contributed by atoms with Gasteiger partial charge in [0.2, 0.25) is 0 Å². The van der Waals surface area contributed by atoms with Crippen molar-refractivity contribution in [3.8, 4) is 89.9 Å². The number of pyridine rings is 1. The van der Waals surface area contributed by atoms with E-state index < -0.39 is 0 Å². The first-order valence-corrected chi connectivity index (χ1v) is 19.4. The van der Waals surface area contributed by atoms with E-state index in [1.165, 1.54) is 38.9 Å². The fourth-order valence-electron chi connectivity index (χ4n) is 8.43. The van der Waals surface area contributed by atoms with Crippen molar-refractivity contribution >= 4 is 0 Å². The third-order valence-corrected chi connectivity index (χ3v) is 11.2. The van der Waals surface area contributed by atoms with Crippen LogP contribution in [-0.2, 0) is 5.41 Å². The Kier molecular flexibility index (Phi) is 8.45. The van der Waals surface area contributed by atoms with Crippen LogP contribution < -0.4 is 0 Å². The standard InChI is InChI=1S/C53H38N4/c1-53(2)48-43(36-26-24-35(25-27-36)42-32-33-47(54-34-42)38-14-6-3-7-15-38)20-12-22-45(48)46-23-13-21-44(49(46)53)37-28-30-41(31-29-37)52-56-50(39-16-8-4-9-17-39)55-51(57-52)40-18-10-5-11-19-40/h3-34H,1-2H3. The molecule has 57 heavy (non-hydrogen) atoms. The fraction of sp³-hybridized carbons (Fsp3) is 0.0566. The van der Waals surface area contributed by atoms with Crippen LogP contribution in [0.3, 0.4) is 0 Å². The van der Waals surface area contributed by atoms with Gasteiger partial charge in [-0.15, -0.1) is 0 Å². The number of aromatic nitrogens is 4. The summed E-state index contributed by atoms with van der Waals surface area (Å²) in [5.74, 6) is 1.96. The Morgan fingerprint density at radius 1 is 0.298 bits per heavy atom. The molecule has 0 N–H and O–H groups in total. The molecule has 0 saturated heterocycles. The molecular formula is C53H38N4. The van der Waals surface area contributed by atoms with Crippen molar-refractivity contribution in [2.24, 2.45) is 0 Å². The number of benzene rings is 7. The molecule has 0 radical (unpaired) electrons. The van der Waals surface area contributed by atoms with Gasteiger partial charge < -0.3 is 0 Å². The minimum atomic E-state index is -0.240. The zero-order valence-electron chi connectivity index (χ0n) is 31.8. The Bertz CT molecular complexity index is 2810. The Balaban J connectivity index is 0.977. The normalized spacial score (nSPS) is 12.5. The number of nitrogens with zero attached hydrogens (tertiary/aromatic N) is 4. The number of hydrogen-bond donors (Lipinski definition) is 0. The van der Waals surface area contributed by atoms with Gasteiger partial charge in [-0.05, 0) is 56.1 Å². The summed E-state index contributed by atoms with van der Waals surface area (Å²) in [6.07, 6.45) is 1.97. The predicted octanol–water partition coefficient (Wildman–Crippen LogP) is 13.2. The van der Waals surface area contributed by atoms with Gasteiger partial charge in [-0.25, -0.2) is 15.0 Å². The quantitative estimate of drug-likeness (QED) is 0.164. The summed E-state index contributed by atoms with van der Waals surface area (Å²) < 4.78 is 0. The summed E-state index contributed by atoms with van der Waals surface area (Å²) in [6.45, 7) is 4.74. The maximum absolute atomic E-state index is 4.96.